The predicted molar refractivity (Wildman–Crippen MR) is 83.1 cm³/mol. The van der Waals surface area contributed by atoms with Crippen molar-refractivity contribution in [1.82, 2.24) is 9.88 Å². The van der Waals surface area contributed by atoms with Crippen LogP contribution in [0.2, 0.25) is 0 Å². The first-order valence-electron chi connectivity index (χ1n) is 7.23. The fraction of sp³-hybridized carbons (Fsp3) is 0.353. The molecule has 0 aliphatic carbocycles. The number of hydrogen-bond donors (Lipinski definition) is 1. The maximum Gasteiger partial charge on any atom is 0.128 e. The number of nitrogens with zero attached hydrogens (tertiary/aromatic N) is 2. The van der Waals surface area contributed by atoms with Gasteiger partial charge in [0.1, 0.15) is 5.82 Å². The van der Waals surface area contributed by atoms with Crippen LogP contribution in [0.3, 0.4) is 0 Å². The Morgan fingerprint density at radius 2 is 1.90 bits per heavy atom. The van der Waals surface area contributed by atoms with E-state index in [2.05, 4.69) is 9.88 Å². The van der Waals surface area contributed by atoms with E-state index in [1.54, 1.807) is 12.3 Å². The zero-order chi connectivity index (χ0) is 15.2. The van der Waals surface area contributed by atoms with E-state index in [1.807, 2.05) is 44.3 Å². The Morgan fingerprint density at radius 1 is 1.19 bits per heavy atom. The molecule has 112 valence electrons. The second kappa shape index (κ2) is 7.29. The largest absolute Gasteiger partial charge is 0.326 e. The number of nitrogens with two attached hydrogens (primary N) is 1. The molecule has 2 atom stereocenters. The molecule has 0 amide bonds. The summed E-state index contributed by atoms with van der Waals surface area (Å²) in [6.07, 6.45) is 2.55. The second-order valence-electron chi connectivity index (χ2n) is 5.27. The number of aromatic nitrogens is 1. The van der Waals surface area contributed by atoms with Crippen molar-refractivity contribution in [2.45, 2.75) is 32.0 Å². The molecule has 0 saturated carbocycles. The lowest BCUT2D eigenvalue weighted by molar-refractivity contribution is 0.195. The number of pyridine rings is 1. The molecule has 3 nitrogen and oxygen atoms in total. The highest BCUT2D eigenvalue weighted by Gasteiger charge is 2.25. The van der Waals surface area contributed by atoms with Crippen molar-refractivity contribution >= 4 is 0 Å². The second-order valence-corrected chi connectivity index (χ2v) is 5.27. The lowest BCUT2D eigenvalue weighted by atomic mass is 9.96. The molecule has 2 N–H and O–H groups in total. The Morgan fingerprint density at radius 3 is 2.52 bits per heavy atom. The van der Waals surface area contributed by atoms with Crippen LogP contribution >= 0.6 is 0 Å². The van der Waals surface area contributed by atoms with E-state index < -0.39 is 0 Å². The number of hydrogen-bond acceptors (Lipinski definition) is 3. The summed E-state index contributed by atoms with van der Waals surface area (Å²) in [6, 6.07) is 12.3. The van der Waals surface area contributed by atoms with E-state index in [9.17, 15) is 4.39 Å². The molecule has 4 heteroatoms. The third kappa shape index (κ3) is 3.86. The smallest absolute Gasteiger partial charge is 0.128 e. The van der Waals surface area contributed by atoms with E-state index in [0.29, 0.717) is 12.1 Å². The van der Waals surface area contributed by atoms with Gasteiger partial charge in [-0.25, -0.2) is 4.39 Å². The predicted octanol–water partition coefficient (Wildman–Crippen LogP) is 3.13. The van der Waals surface area contributed by atoms with Gasteiger partial charge in [0.25, 0.3) is 0 Å². The quantitative estimate of drug-likeness (QED) is 0.887. The van der Waals surface area contributed by atoms with Crippen molar-refractivity contribution in [2.75, 3.05) is 7.05 Å². The van der Waals surface area contributed by atoms with Gasteiger partial charge in [-0.3, -0.25) is 9.88 Å². The van der Waals surface area contributed by atoms with E-state index in [0.717, 1.165) is 12.1 Å². The van der Waals surface area contributed by atoms with Gasteiger partial charge in [-0.15, -0.1) is 0 Å². The molecule has 21 heavy (non-hydrogen) atoms. The van der Waals surface area contributed by atoms with Crippen LogP contribution in [0.5, 0.6) is 0 Å². The van der Waals surface area contributed by atoms with Crippen molar-refractivity contribution in [1.29, 1.82) is 0 Å². The molecular formula is C17H22FN3. The summed E-state index contributed by atoms with van der Waals surface area (Å²) < 4.78 is 14.1. The minimum atomic E-state index is -0.209. The van der Waals surface area contributed by atoms with Crippen molar-refractivity contribution in [3.8, 4) is 0 Å². The lowest BCUT2D eigenvalue weighted by Gasteiger charge is -2.32. The van der Waals surface area contributed by atoms with E-state index >= 15 is 0 Å². The van der Waals surface area contributed by atoms with Crippen molar-refractivity contribution < 1.29 is 4.39 Å². The molecule has 0 aliphatic heterocycles. The van der Waals surface area contributed by atoms with Crippen LogP contribution in [-0.2, 0) is 6.54 Å². The maximum atomic E-state index is 14.1. The van der Waals surface area contributed by atoms with Gasteiger partial charge in [0.05, 0.1) is 11.7 Å². The molecule has 1 aromatic carbocycles. The SMILES string of the molecule is CCC(N)C(c1ccccc1F)N(C)Cc1ccccn1. The topological polar surface area (TPSA) is 42.1 Å². The first kappa shape index (κ1) is 15.6. The van der Waals surface area contributed by atoms with Crippen LogP contribution < -0.4 is 5.73 Å². The fourth-order valence-electron chi connectivity index (χ4n) is 2.58. The first-order valence-corrected chi connectivity index (χ1v) is 7.23. The molecule has 2 rings (SSSR count). The van der Waals surface area contributed by atoms with Crippen LogP contribution in [0.25, 0.3) is 0 Å². The van der Waals surface area contributed by atoms with Gasteiger partial charge in [0.15, 0.2) is 0 Å². The number of halogens is 1. The molecule has 0 saturated heterocycles. The Balaban J connectivity index is 2.26. The fourth-order valence-corrected chi connectivity index (χ4v) is 2.58. The molecule has 0 fully saturated rings. The summed E-state index contributed by atoms with van der Waals surface area (Å²) >= 11 is 0. The summed E-state index contributed by atoms with van der Waals surface area (Å²) in [7, 11) is 1.96. The van der Waals surface area contributed by atoms with Gasteiger partial charge in [0, 0.05) is 24.3 Å². The van der Waals surface area contributed by atoms with Crippen LogP contribution in [0.1, 0.15) is 30.6 Å². The molecule has 0 radical (unpaired) electrons. The minimum Gasteiger partial charge on any atom is -0.326 e. The third-order valence-corrected chi connectivity index (χ3v) is 3.71. The monoisotopic (exact) mass is 287 g/mol. The summed E-state index contributed by atoms with van der Waals surface area (Å²) in [4.78, 5) is 6.39. The molecule has 2 unspecified atom stereocenters. The normalized spacial score (nSPS) is 14.1. The summed E-state index contributed by atoms with van der Waals surface area (Å²) in [5.41, 5.74) is 7.84. The van der Waals surface area contributed by atoms with Gasteiger partial charge in [-0.2, -0.15) is 0 Å². The standard InChI is InChI=1S/C17H22FN3/c1-3-16(19)17(14-9-4-5-10-15(14)18)21(2)12-13-8-6-7-11-20-13/h4-11,16-17H,3,12,19H2,1-2H3. The number of rotatable bonds is 6. The Bertz CT molecular complexity index is 559. The van der Waals surface area contributed by atoms with Crippen molar-refractivity contribution in [3.05, 3.63) is 65.7 Å². The van der Waals surface area contributed by atoms with Crippen LogP contribution in [-0.4, -0.2) is 23.0 Å². The van der Waals surface area contributed by atoms with Gasteiger partial charge >= 0.3 is 0 Å². The Kier molecular flexibility index (Phi) is 5.42. The van der Waals surface area contributed by atoms with Crippen LogP contribution in [0.4, 0.5) is 4.39 Å². The van der Waals surface area contributed by atoms with Crippen molar-refractivity contribution in [3.63, 3.8) is 0 Å². The van der Waals surface area contributed by atoms with Crippen molar-refractivity contribution in [2.24, 2.45) is 5.73 Å². The average molecular weight is 287 g/mol. The highest BCUT2D eigenvalue weighted by Crippen LogP contribution is 2.27. The summed E-state index contributed by atoms with van der Waals surface area (Å²) in [5.74, 6) is -0.209. The summed E-state index contributed by atoms with van der Waals surface area (Å²) in [5, 5.41) is 0. The van der Waals surface area contributed by atoms with Crippen LogP contribution in [0.15, 0.2) is 48.7 Å². The lowest BCUT2D eigenvalue weighted by Crippen LogP contribution is -2.39. The highest BCUT2D eigenvalue weighted by atomic mass is 19.1. The molecule has 1 heterocycles. The average Bonchev–Trinajstić information content (AvgIpc) is 2.50. The number of benzene rings is 1. The third-order valence-electron chi connectivity index (χ3n) is 3.71. The zero-order valence-corrected chi connectivity index (χ0v) is 12.5. The minimum absolute atomic E-state index is 0.129. The molecule has 0 spiro atoms. The first-order chi connectivity index (χ1) is 10.1. The molecule has 0 bridgehead atoms. The summed E-state index contributed by atoms with van der Waals surface area (Å²) in [6.45, 7) is 2.65. The Hall–Kier alpha value is -1.78. The van der Waals surface area contributed by atoms with E-state index in [1.165, 1.54) is 6.07 Å². The maximum absolute atomic E-state index is 14.1. The highest BCUT2D eigenvalue weighted by molar-refractivity contribution is 5.23. The molecule has 0 aliphatic rings. The van der Waals surface area contributed by atoms with E-state index in [-0.39, 0.29) is 17.9 Å². The molecular weight excluding hydrogens is 265 g/mol. The van der Waals surface area contributed by atoms with E-state index in [4.69, 9.17) is 5.73 Å². The Labute approximate surface area is 125 Å². The van der Waals surface area contributed by atoms with Gasteiger partial charge in [-0.1, -0.05) is 31.2 Å². The molecule has 2 aromatic rings. The van der Waals surface area contributed by atoms with Gasteiger partial charge in [-0.05, 0) is 31.7 Å². The molecule has 1 aromatic heterocycles. The van der Waals surface area contributed by atoms with Gasteiger partial charge in [0.2, 0.25) is 0 Å². The zero-order valence-electron chi connectivity index (χ0n) is 12.5. The van der Waals surface area contributed by atoms with Crippen LogP contribution in [0, 0.1) is 5.82 Å². The van der Waals surface area contributed by atoms with Gasteiger partial charge < -0.3 is 5.73 Å². The number of likely N-dealkylation sites (N-methyl/N-ethyl adjacent to an activating group) is 1.